The highest BCUT2D eigenvalue weighted by molar-refractivity contribution is 6.62. The van der Waals surface area contributed by atoms with Gasteiger partial charge >= 0.3 is 7.12 Å². The predicted octanol–water partition coefficient (Wildman–Crippen LogP) is 2.86. The molecule has 1 amide bonds. The maximum Gasteiger partial charge on any atom is 0.494 e. The van der Waals surface area contributed by atoms with Gasteiger partial charge in [-0.05, 0) is 63.0 Å². The average molecular weight is 383 g/mol. The van der Waals surface area contributed by atoms with Gasteiger partial charge in [-0.15, -0.1) is 0 Å². The van der Waals surface area contributed by atoms with Gasteiger partial charge in [0.1, 0.15) is 5.75 Å². The molecule has 1 fully saturated rings. The van der Waals surface area contributed by atoms with Crippen molar-refractivity contribution in [1.29, 1.82) is 0 Å². The number of ether oxygens (including phenoxy) is 1. The molecule has 1 saturated heterocycles. The summed E-state index contributed by atoms with van der Waals surface area (Å²) in [6.45, 7) is 8.37. The first-order chi connectivity index (χ1) is 13.2. The molecular weight excluding hydrogens is 357 g/mol. The van der Waals surface area contributed by atoms with Crippen LogP contribution in [-0.2, 0) is 20.8 Å². The Bertz CT molecular complexity index is 802. The quantitative estimate of drug-likeness (QED) is 0.614. The van der Waals surface area contributed by atoms with Crippen LogP contribution in [0, 0.1) is 0 Å². The van der Waals surface area contributed by atoms with Gasteiger partial charge in [0.25, 0.3) is 5.91 Å². The molecule has 2 aromatic carbocycles. The van der Waals surface area contributed by atoms with Crippen LogP contribution in [0.25, 0.3) is 0 Å². The lowest BCUT2D eigenvalue weighted by Crippen LogP contribution is -2.41. The minimum absolute atomic E-state index is 0.255. The summed E-state index contributed by atoms with van der Waals surface area (Å²) < 4.78 is 17.2. The second-order valence-electron chi connectivity index (χ2n) is 7.78. The lowest BCUT2D eigenvalue weighted by atomic mass is 9.79. The topological polar surface area (TPSA) is 66.0 Å². The van der Waals surface area contributed by atoms with E-state index in [0.29, 0.717) is 11.3 Å². The zero-order valence-corrected chi connectivity index (χ0v) is 16.9. The summed E-state index contributed by atoms with van der Waals surface area (Å²) in [7, 11) is 1.19. The number of rotatable bonds is 6. The number of hydrogen-bond acceptors (Lipinski definition) is 5. The molecule has 148 valence electrons. The highest BCUT2D eigenvalue weighted by Crippen LogP contribution is 2.36. The number of benzene rings is 2. The van der Waals surface area contributed by atoms with Crippen LogP contribution >= 0.6 is 0 Å². The van der Waals surface area contributed by atoms with Crippen molar-refractivity contribution >= 4 is 18.5 Å². The van der Waals surface area contributed by atoms with Gasteiger partial charge in [-0.25, -0.2) is 5.48 Å². The van der Waals surface area contributed by atoms with E-state index in [1.54, 1.807) is 31.4 Å². The first kappa shape index (κ1) is 20.4. The van der Waals surface area contributed by atoms with Crippen molar-refractivity contribution in [3.8, 4) is 5.75 Å². The Balaban J connectivity index is 1.51. The second-order valence-corrected chi connectivity index (χ2v) is 7.78. The van der Waals surface area contributed by atoms with Gasteiger partial charge in [-0.3, -0.25) is 9.63 Å². The van der Waals surface area contributed by atoms with Crippen molar-refractivity contribution in [2.75, 3.05) is 7.11 Å². The van der Waals surface area contributed by atoms with E-state index in [1.807, 2.05) is 52.0 Å². The summed E-state index contributed by atoms with van der Waals surface area (Å²) in [6.07, 6.45) is 0. The fourth-order valence-corrected chi connectivity index (χ4v) is 2.74. The molecule has 0 unspecified atom stereocenters. The Hall–Kier alpha value is -2.35. The summed E-state index contributed by atoms with van der Waals surface area (Å²) in [5.74, 6) is 0.385. The number of methoxy groups -OCH3 is 1. The van der Waals surface area contributed by atoms with Crippen molar-refractivity contribution in [3.05, 3.63) is 59.7 Å². The number of amides is 1. The van der Waals surface area contributed by atoms with Gasteiger partial charge in [0.05, 0.1) is 24.9 Å². The first-order valence-electron chi connectivity index (χ1n) is 9.22. The molecule has 1 heterocycles. The van der Waals surface area contributed by atoms with Crippen LogP contribution in [0.3, 0.4) is 0 Å². The summed E-state index contributed by atoms with van der Waals surface area (Å²) >= 11 is 0. The Kier molecular flexibility index (Phi) is 5.79. The maximum atomic E-state index is 12.1. The Morgan fingerprint density at radius 2 is 1.54 bits per heavy atom. The van der Waals surface area contributed by atoms with Crippen LogP contribution < -0.4 is 15.7 Å². The van der Waals surface area contributed by atoms with Crippen molar-refractivity contribution in [2.45, 2.75) is 45.5 Å². The molecule has 0 aromatic heterocycles. The third-order valence-corrected chi connectivity index (χ3v) is 5.26. The van der Waals surface area contributed by atoms with Crippen molar-refractivity contribution in [2.24, 2.45) is 0 Å². The highest BCUT2D eigenvalue weighted by atomic mass is 16.7. The number of hydrogen-bond donors (Lipinski definition) is 1. The SMILES string of the molecule is COc1ccc(C(=O)NOCc2ccc(B3OC(C)(C)C(C)(C)O3)cc2)cc1. The van der Waals surface area contributed by atoms with Crippen LogP contribution in [0.1, 0.15) is 43.6 Å². The van der Waals surface area contributed by atoms with Crippen molar-refractivity contribution < 1.29 is 23.7 Å². The second kappa shape index (κ2) is 7.95. The van der Waals surface area contributed by atoms with Crippen LogP contribution in [0.4, 0.5) is 0 Å². The number of hydroxylamine groups is 1. The summed E-state index contributed by atoms with van der Waals surface area (Å²) in [4.78, 5) is 17.4. The summed E-state index contributed by atoms with van der Waals surface area (Å²) in [5, 5.41) is 0. The third-order valence-electron chi connectivity index (χ3n) is 5.26. The largest absolute Gasteiger partial charge is 0.497 e. The Labute approximate surface area is 166 Å². The van der Waals surface area contributed by atoms with Gasteiger partial charge in [0.15, 0.2) is 0 Å². The summed E-state index contributed by atoms with van der Waals surface area (Å²) in [5.41, 5.74) is 4.08. The standard InChI is InChI=1S/C21H26BNO5/c1-20(2)21(3,4)28-22(27-20)17-10-6-15(7-11-17)14-26-23-19(24)16-8-12-18(25-5)13-9-16/h6-13H,14H2,1-5H3,(H,23,24). The maximum absolute atomic E-state index is 12.1. The monoisotopic (exact) mass is 383 g/mol. The smallest absolute Gasteiger partial charge is 0.494 e. The van der Waals surface area contributed by atoms with Crippen molar-refractivity contribution in [3.63, 3.8) is 0 Å². The van der Waals surface area contributed by atoms with E-state index in [-0.39, 0.29) is 23.7 Å². The van der Waals surface area contributed by atoms with Gasteiger partial charge in [-0.1, -0.05) is 24.3 Å². The average Bonchev–Trinajstić information content (AvgIpc) is 2.89. The molecule has 2 aromatic rings. The first-order valence-corrected chi connectivity index (χ1v) is 9.22. The Morgan fingerprint density at radius 3 is 2.07 bits per heavy atom. The molecule has 1 aliphatic rings. The van der Waals surface area contributed by atoms with Crippen LogP contribution in [0.2, 0.25) is 0 Å². The molecule has 0 radical (unpaired) electrons. The molecule has 0 atom stereocenters. The van der Waals surface area contributed by atoms with Crippen LogP contribution in [0.5, 0.6) is 5.75 Å². The molecule has 0 aliphatic carbocycles. The number of carbonyl (C=O) groups is 1. The molecular formula is C21H26BNO5. The zero-order chi connectivity index (χ0) is 20.4. The van der Waals surface area contributed by atoms with Crippen LogP contribution in [-0.4, -0.2) is 31.3 Å². The predicted molar refractivity (Wildman–Crippen MR) is 107 cm³/mol. The van der Waals surface area contributed by atoms with E-state index in [9.17, 15) is 4.79 Å². The highest BCUT2D eigenvalue weighted by Gasteiger charge is 2.51. The molecule has 28 heavy (non-hydrogen) atoms. The molecule has 1 aliphatic heterocycles. The fourth-order valence-electron chi connectivity index (χ4n) is 2.74. The molecule has 0 spiro atoms. The van der Waals surface area contributed by atoms with E-state index in [1.165, 1.54) is 0 Å². The van der Waals surface area contributed by atoms with E-state index in [4.69, 9.17) is 18.9 Å². The van der Waals surface area contributed by atoms with Crippen LogP contribution in [0.15, 0.2) is 48.5 Å². The molecule has 0 bridgehead atoms. The van der Waals surface area contributed by atoms with E-state index in [0.717, 1.165) is 11.0 Å². The zero-order valence-electron chi connectivity index (χ0n) is 16.9. The van der Waals surface area contributed by atoms with Gasteiger partial charge < -0.3 is 14.0 Å². The molecule has 0 saturated carbocycles. The Morgan fingerprint density at radius 1 is 0.964 bits per heavy atom. The van der Waals surface area contributed by atoms with Gasteiger partial charge in [-0.2, -0.15) is 0 Å². The van der Waals surface area contributed by atoms with E-state index >= 15 is 0 Å². The molecule has 7 heteroatoms. The van der Waals surface area contributed by atoms with E-state index < -0.39 is 7.12 Å². The fraction of sp³-hybridized carbons (Fsp3) is 0.381. The van der Waals surface area contributed by atoms with Gasteiger partial charge in [0, 0.05) is 5.56 Å². The lowest BCUT2D eigenvalue weighted by molar-refractivity contribution is 0.00578. The number of nitrogens with one attached hydrogen (secondary N) is 1. The number of carbonyl (C=O) groups excluding carboxylic acids is 1. The lowest BCUT2D eigenvalue weighted by Gasteiger charge is -2.32. The molecule has 6 nitrogen and oxygen atoms in total. The molecule has 3 rings (SSSR count). The third kappa shape index (κ3) is 4.38. The minimum atomic E-state index is -0.394. The van der Waals surface area contributed by atoms with Crippen molar-refractivity contribution in [1.82, 2.24) is 5.48 Å². The van der Waals surface area contributed by atoms with E-state index in [2.05, 4.69) is 5.48 Å². The minimum Gasteiger partial charge on any atom is -0.497 e. The van der Waals surface area contributed by atoms with Gasteiger partial charge in [0.2, 0.25) is 0 Å². The normalized spacial score (nSPS) is 17.4. The summed E-state index contributed by atoms with van der Waals surface area (Å²) in [6, 6.07) is 14.6. The molecule has 1 N–H and O–H groups in total.